The van der Waals surface area contributed by atoms with Gasteiger partial charge in [0.2, 0.25) is 5.88 Å². The third-order valence-electron chi connectivity index (χ3n) is 1.21. The van der Waals surface area contributed by atoms with Crippen LogP contribution in [-0.4, -0.2) is 28.1 Å². The summed E-state index contributed by atoms with van der Waals surface area (Å²) in [6.45, 7) is 0. The zero-order chi connectivity index (χ0) is 8.97. The second kappa shape index (κ2) is 3.51. The summed E-state index contributed by atoms with van der Waals surface area (Å²) in [6, 6.07) is 0. The number of methoxy groups -OCH3 is 1. The second-order valence-electron chi connectivity index (χ2n) is 1.93. The van der Waals surface area contributed by atoms with E-state index in [4.69, 9.17) is 15.7 Å². The second-order valence-corrected chi connectivity index (χ2v) is 1.93. The molecule has 6 nitrogen and oxygen atoms in total. The van der Waals surface area contributed by atoms with Gasteiger partial charge in [-0.2, -0.15) is 0 Å². The van der Waals surface area contributed by atoms with E-state index in [-0.39, 0.29) is 5.84 Å². The van der Waals surface area contributed by atoms with E-state index in [0.717, 1.165) is 0 Å². The lowest BCUT2D eigenvalue weighted by atomic mass is 10.4. The quantitative estimate of drug-likeness (QED) is 0.271. The molecule has 0 saturated carbocycles. The minimum atomic E-state index is -0.0786. The van der Waals surface area contributed by atoms with Crippen LogP contribution in [0, 0.1) is 0 Å². The molecule has 1 rings (SSSR count). The average molecular weight is 168 g/mol. The first-order valence-corrected chi connectivity index (χ1v) is 3.12. The SMILES string of the molecule is COc1cnc(/C(N)=N/O)cn1. The molecule has 0 unspecified atom stereocenters. The Kier molecular flexibility index (Phi) is 2.42. The first-order valence-electron chi connectivity index (χ1n) is 3.12. The van der Waals surface area contributed by atoms with Crippen LogP contribution in [0.1, 0.15) is 5.69 Å². The maximum absolute atomic E-state index is 8.28. The molecule has 1 aromatic rings. The van der Waals surface area contributed by atoms with Gasteiger partial charge in [-0.25, -0.2) is 9.97 Å². The molecule has 1 heterocycles. The molecule has 0 saturated heterocycles. The number of aromatic nitrogens is 2. The fourth-order valence-corrected chi connectivity index (χ4v) is 0.605. The molecule has 1 aromatic heterocycles. The number of hydrogen-bond acceptors (Lipinski definition) is 5. The van der Waals surface area contributed by atoms with Crippen LogP contribution in [-0.2, 0) is 0 Å². The molecular formula is C6H8N4O2. The summed E-state index contributed by atoms with van der Waals surface area (Å²) in [5.74, 6) is 0.301. The van der Waals surface area contributed by atoms with Crippen molar-refractivity contribution in [3.8, 4) is 5.88 Å². The number of amidine groups is 1. The summed E-state index contributed by atoms with van der Waals surface area (Å²) in [5, 5.41) is 11.0. The number of rotatable bonds is 2. The van der Waals surface area contributed by atoms with E-state index in [1.165, 1.54) is 19.5 Å². The number of nitrogens with two attached hydrogens (primary N) is 1. The Hall–Kier alpha value is -1.85. The molecule has 0 atom stereocenters. The van der Waals surface area contributed by atoms with E-state index in [1.54, 1.807) is 0 Å². The van der Waals surface area contributed by atoms with Gasteiger partial charge in [0.15, 0.2) is 5.84 Å². The van der Waals surface area contributed by atoms with Crippen LogP contribution in [0.15, 0.2) is 17.5 Å². The van der Waals surface area contributed by atoms with Gasteiger partial charge in [0.1, 0.15) is 5.69 Å². The van der Waals surface area contributed by atoms with Crippen LogP contribution in [0.2, 0.25) is 0 Å². The van der Waals surface area contributed by atoms with Crippen molar-refractivity contribution < 1.29 is 9.94 Å². The highest BCUT2D eigenvalue weighted by atomic mass is 16.5. The van der Waals surface area contributed by atoms with Gasteiger partial charge in [-0.15, -0.1) is 0 Å². The first kappa shape index (κ1) is 8.25. The molecule has 0 spiro atoms. The monoisotopic (exact) mass is 168 g/mol. The van der Waals surface area contributed by atoms with Gasteiger partial charge in [-0.05, 0) is 0 Å². The fraction of sp³-hybridized carbons (Fsp3) is 0.167. The molecule has 6 heteroatoms. The van der Waals surface area contributed by atoms with E-state index in [1.807, 2.05) is 0 Å². The highest BCUT2D eigenvalue weighted by Gasteiger charge is 2.00. The topological polar surface area (TPSA) is 93.6 Å². The maximum atomic E-state index is 8.28. The molecule has 0 aliphatic heterocycles. The van der Waals surface area contributed by atoms with Gasteiger partial charge in [0.25, 0.3) is 0 Å². The van der Waals surface area contributed by atoms with E-state index < -0.39 is 0 Å². The zero-order valence-corrected chi connectivity index (χ0v) is 6.43. The molecule has 0 radical (unpaired) electrons. The lowest BCUT2D eigenvalue weighted by Crippen LogP contribution is -2.15. The van der Waals surface area contributed by atoms with Crippen molar-refractivity contribution >= 4 is 5.84 Å². The van der Waals surface area contributed by atoms with Gasteiger partial charge < -0.3 is 15.7 Å². The summed E-state index contributed by atoms with van der Waals surface area (Å²) in [6.07, 6.45) is 2.74. The standard InChI is InChI=1S/C6H8N4O2/c1-12-5-3-8-4(2-9-5)6(7)10-11/h2-3,11H,1H3,(H2,7,10). The van der Waals surface area contributed by atoms with E-state index >= 15 is 0 Å². The van der Waals surface area contributed by atoms with Crippen molar-refractivity contribution in [3.63, 3.8) is 0 Å². The Bertz CT molecular complexity index is 282. The van der Waals surface area contributed by atoms with Gasteiger partial charge in [-0.3, -0.25) is 0 Å². The van der Waals surface area contributed by atoms with Crippen molar-refractivity contribution in [1.29, 1.82) is 0 Å². The molecule has 0 bridgehead atoms. The largest absolute Gasteiger partial charge is 0.480 e. The van der Waals surface area contributed by atoms with Crippen LogP contribution in [0.4, 0.5) is 0 Å². The minimum Gasteiger partial charge on any atom is -0.480 e. The predicted octanol–water partition coefficient (Wildman–Crippen LogP) is -0.420. The smallest absolute Gasteiger partial charge is 0.232 e. The lowest BCUT2D eigenvalue weighted by molar-refractivity contribution is 0.318. The summed E-state index contributed by atoms with van der Waals surface area (Å²) in [4.78, 5) is 7.63. The Morgan fingerprint density at radius 1 is 1.58 bits per heavy atom. The van der Waals surface area contributed by atoms with Crippen molar-refractivity contribution in [2.45, 2.75) is 0 Å². The van der Waals surface area contributed by atoms with Crippen molar-refractivity contribution in [3.05, 3.63) is 18.1 Å². The highest BCUT2D eigenvalue weighted by molar-refractivity contribution is 5.94. The van der Waals surface area contributed by atoms with Crippen LogP contribution in [0.25, 0.3) is 0 Å². The van der Waals surface area contributed by atoms with Crippen LogP contribution in [0.5, 0.6) is 5.88 Å². The molecule has 64 valence electrons. The Balaban J connectivity index is 2.92. The summed E-state index contributed by atoms with van der Waals surface area (Å²) in [7, 11) is 1.48. The number of hydrogen-bond donors (Lipinski definition) is 2. The zero-order valence-electron chi connectivity index (χ0n) is 6.43. The van der Waals surface area contributed by atoms with E-state index in [0.29, 0.717) is 11.6 Å². The van der Waals surface area contributed by atoms with Gasteiger partial charge in [0.05, 0.1) is 19.5 Å². The van der Waals surface area contributed by atoms with Crippen molar-refractivity contribution in [2.24, 2.45) is 10.9 Å². The first-order chi connectivity index (χ1) is 5.77. The number of oxime groups is 1. The average Bonchev–Trinajstić information content (AvgIpc) is 2.17. The molecule has 12 heavy (non-hydrogen) atoms. The molecule has 3 N–H and O–H groups in total. The van der Waals surface area contributed by atoms with Crippen molar-refractivity contribution in [1.82, 2.24) is 9.97 Å². The number of nitrogens with zero attached hydrogens (tertiary/aromatic N) is 3. The predicted molar refractivity (Wildman–Crippen MR) is 41.1 cm³/mol. The van der Waals surface area contributed by atoms with E-state index in [2.05, 4.69) is 15.1 Å². The summed E-state index contributed by atoms with van der Waals surface area (Å²) in [5.41, 5.74) is 5.55. The Morgan fingerprint density at radius 2 is 2.33 bits per heavy atom. The fourth-order valence-electron chi connectivity index (χ4n) is 0.605. The van der Waals surface area contributed by atoms with Gasteiger partial charge in [-0.1, -0.05) is 5.16 Å². The molecule has 0 aliphatic rings. The molecule has 0 aromatic carbocycles. The summed E-state index contributed by atoms with van der Waals surface area (Å²) < 4.78 is 4.77. The Labute approximate surface area is 68.7 Å². The molecule has 0 fully saturated rings. The van der Waals surface area contributed by atoms with Crippen LogP contribution < -0.4 is 10.5 Å². The Morgan fingerprint density at radius 3 is 2.75 bits per heavy atom. The van der Waals surface area contributed by atoms with E-state index in [9.17, 15) is 0 Å². The van der Waals surface area contributed by atoms with Gasteiger partial charge >= 0.3 is 0 Å². The van der Waals surface area contributed by atoms with Crippen molar-refractivity contribution in [2.75, 3.05) is 7.11 Å². The van der Waals surface area contributed by atoms with Crippen LogP contribution >= 0.6 is 0 Å². The minimum absolute atomic E-state index is 0.0786. The molecule has 0 aliphatic carbocycles. The molecule has 0 amide bonds. The summed E-state index contributed by atoms with van der Waals surface area (Å²) >= 11 is 0. The van der Waals surface area contributed by atoms with Gasteiger partial charge in [0, 0.05) is 0 Å². The molecular weight excluding hydrogens is 160 g/mol. The third-order valence-corrected chi connectivity index (χ3v) is 1.21. The highest BCUT2D eigenvalue weighted by Crippen LogP contribution is 2.01. The maximum Gasteiger partial charge on any atom is 0.232 e. The normalized spacial score (nSPS) is 11.2. The number of ether oxygens (including phenoxy) is 1. The van der Waals surface area contributed by atoms with Crippen LogP contribution in [0.3, 0.4) is 0 Å². The third kappa shape index (κ3) is 1.60. The lowest BCUT2D eigenvalue weighted by Gasteiger charge is -1.98.